The molecular formula is C23H31N3O2. The summed E-state index contributed by atoms with van der Waals surface area (Å²) in [6.07, 6.45) is 1.30. The minimum atomic E-state index is 0.0440. The van der Waals surface area contributed by atoms with E-state index in [1.54, 1.807) is 7.11 Å². The van der Waals surface area contributed by atoms with Crippen LogP contribution in [0.1, 0.15) is 23.6 Å². The molecule has 0 aliphatic carbocycles. The van der Waals surface area contributed by atoms with E-state index in [0.717, 1.165) is 43.9 Å². The van der Waals surface area contributed by atoms with Gasteiger partial charge in [-0.3, -0.25) is 9.69 Å². The van der Waals surface area contributed by atoms with Gasteiger partial charge < -0.3 is 15.0 Å². The number of rotatable bonds is 8. The Morgan fingerprint density at radius 1 is 1.11 bits per heavy atom. The standard InChI is InChI=1S/C23H31N3O2/c1-25-15-16-26(21(18-25)19-9-4-3-5-10-19)14-8-13-24-23(27)17-20-11-6-7-12-22(20)28-2/h3-7,9-12,21H,8,13-18H2,1-2H3,(H,24,27). The van der Waals surface area contributed by atoms with Crippen LogP contribution in [-0.2, 0) is 11.2 Å². The number of carbonyl (C=O) groups excluding carboxylic acids is 1. The van der Waals surface area contributed by atoms with E-state index in [-0.39, 0.29) is 5.91 Å². The summed E-state index contributed by atoms with van der Waals surface area (Å²) in [6, 6.07) is 18.8. The molecule has 5 nitrogen and oxygen atoms in total. The molecule has 1 N–H and O–H groups in total. The molecule has 5 heteroatoms. The van der Waals surface area contributed by atoms with E-state index in [4.69, 9.17) is 4.74 Å². The molecule has 1 atom stereocenters. The Bertz CT molecular complexity index is 751. The summed E-state index contributed by atoms with van der Waals surface area (Å²) in [4.78, 5) is 17.2. The van der Waals surface area contributed by atoms with Gasteiger partial charge in [-0.15, -0.1) is 0 Å². The molecule has 0 aromatic heterocycles. The molecule has 1 aliphatic heterocycles. The smallest absolute Gasteiger partial charge is 0.224 e. The maximum atomic E-state index is 12.3. The van der Waals surface area contributed by atoms with Gasteiger partial charge in [0.25, 0.3) is 0 Å². The van der Waals surface area contributed by atoms with Crippen LogP contribution < -0.4 is 10.1 Å². The van der Waals surface area contributed by atoms with Crippen molar-refractivity contribution >= 4 is 5.91 Å². The molecule has 1 heterocycles. The van der Waals surface area contributed by atoms with Crippen LogP contribution in [0.3, 0.4) is 0 Å². The Morgan fingerprint density at radius 3 is 2.64 bits per heavy atom. The summed E-state index contributed by atoms with van der Waals surface area (Å²) >= 11 is 0. The molecule has 150 valence electrons. The van der Waals surface area contributed by atoms with Crippen LogP contribution in [-0.4, -0.2) is 62.6 Å². The first kappa shape index (κ1) is 20.4. The highest BCUT2D eigenvalue weighted by atomic mass is 16.5. The van der Waals surface area contributed by atoms with Gasteiger partial charge in [-0.2, -0.15) is 0 Å². The molecule has 2 aromatic rings. The number of carbonyl (C=O) groups is 1. The highest BCUT2D eigenvalue weighted by molar-refractivity contribution is 5.79. The molecule has 0 radical (unpaired) electrons. The highest BCUT2D eigenvalue weighted by Gasteiger charge is 2.25. The lowest BCUT2D eigenvalue weighted by molar-refractivity contribution is -0.120. The first-order chi connectivity index (χ1) is 13.7. The van der Waals surface area contributed by atoms with E-state index in [1.807, 2.05) is 24.3 Å². The van der Waals surface area contributed by atoms with Crippen LogP contribution in [0.15, 0.2) is 54.6 Å². The third-order valence-corrected chi connectivity index (χ3v) is 5.37. The fourth-order valence-corrected chi connectivity index (χ4v) is 3.81. The van der Waals surface area contributed by atoms with Crippen molar-refractivity contribution in [2.24, 2.45) is 0 Å². The second kappa shape index (κ2) is 10.2. The number of benzene rings is 2. The maximum Gasteiger partial charge on any atom is 0.224 e. The number of nitrogens with one attached hydrogen (secondary N) is 1. The Morgan fingerprint density at radius 2 is 1.86 bits per heavy atom. The first-order valence-electron chi connectivity index (χ1n) is 10.0. The van der Waals surface area contributed by atoms with Crippen molar-refractivity contribution < 1.29 is 9.53 Å². The van der Waals surface area contributed by atoms with E-state index >= 15 is 0 Å². The summed E-state index contributed by atoms with van der Waals surface area (Å²) in [6.45, 7) is 4.88. The number of hydrogen-bond donors (Lipinski definition) is 1. The minimum absolute atomic E-state index is 0.0440. The zero-order chi connectivity index (χ0) is 19.8. The number of methoxy groups -OCH3 is 1. The predicted molar refractivity (Wildman–Crippen MR) is 113 cm³/mol. The van der Waals surface area contributed by atoms with Crippen LogP contribution in [0.2, 0.25) is 0 Å². The summed E-state index contributed by atoms with van der Waals surface area (Å²) in [5.74, 6) is 0.809. The number of nitrogens with zero attached hydrogens (tertiary/aromatic N) is 2. The van der Waals surface area contributed by atoms with Gasteiger partial charge in [0.15, 0.2) is 0 Å². The zero-order valence-corrected chi connectivity index (χ0v) is 16.9. The number of ether oxygens (including phenoxy) is 1. The molecule has 1 saturated heterocycles. The van der Waals surface area contributed by atoms with Gasteiger partial charge in [0.05, 0.1) is 13.5 Å². The Kier molecular flexibility index (Phi) is 7.46. The molecule has 1 amide bonds. The quantitative estimate of drug-likeness (QED) is 0.714. The largest absolute Gasteiger partial charge is 0.496 e. The fraction of sp³-hybridized carbons (Fsp3) is 0.435. The van der Waals surface area contributed by atoms with Crippen molar-refractivity contribution in [1.82, 2.24) is 15.1 Å². The predicted octanol–water partition coefficient (Wildman–Crippen LogP) is 2.73. The summed E-state index contributed by atoms with van der Waals surface area (Å²) in [5.41, 5.74) is 2.29. The molecule has 1 unspecified atom stereocenters. The van der Waals surface area contributed by atoms with Gasteiger partial charge in [0.2, 0.25) is 5.91 Å². The first-order valence-corrected chi connectivity index (χ1v) is 10.0. The summed E-state index contributed by atoms with van der Waals surface area (Å²) in [5, 5.41) is 3.05. The summed E-state index contributed by atoms with van der Waals surface area (Å²) in [7, 11) is 3.82. The molecule has 3 rings (SSSR count). The van der Waals surface area contributed by atoms with Gasteiger partial charge >= 0.3 is 0 Å². The average molecular weight is 382 g/mol. The molecule has 1 aliphatic rings. The van der Waals surface area contributed by atoms with Crippen molar-refractivity contribution in [3.8, 4) is 5.75 Å². The van der Waals surface area contributed by atoms with Crippen molar-refractivity contribution in [3.05, 3.63) is 65.7 Å². The Hall–Kier alpha value is -2.37. The number of likely N-dealkylation sites (N-methyl/N-ethyl adjacent to an activating group) is 1. The van der Waals surface area contributed by atoms with E-state index in [2.05, 4.69) is 52.5 Å². The minimum Gasteiger partial charge on any atom is -0.496 e. The maximum absolute atomic E-state index is 12.3. The lowest BCUT2D eigenvalue weighted by Crippen LogP contribution is -2.47. The fourth-order valence-electron chi connectivity index (χ4n) is 3.81. The van der Waals surface area contributed by atoms with Gasteiger partial charge in [-0.25, -0.2) is 0 Å². The summed E-state index contributed by atoms with van der Waals surface area (Å²) < 4.78 is 5.32. The lowest BCUT2D eigenvalue weighted by Gasteiger charge is -2.40. The second-order valence-corrected chi connectivity index (χ2v) is 7.42. The van der Waals surface area contributed by atoms with Crippen molar-refractivity contribution in [3.63, 3.8) is 0 Å². The number of piperazine rings is 1. The van der Waals surface area contributed by atoms with Gasteiger partial charge in [0, 0.05) is 44.3 Å². The second-order valence-electron chi connectivity index (χ2n) is 7.42. The van der Waals surface area contributed by atoms with Crippen LogP contribution in [0.5, 0.6) is 5.75 Å². The molecule has 0 saturated carbocycles. The molecule has 28 heavy (non-hydrogen) atoms. The molecule has 2 aromatic carbocycles. The van der Waals surface area contributed by atoms with Crippen molar-refractivity contribution in [2.45, 2.75) is 18.9 Å². The average Bonchev–Trinajstić information content (AvgIpc) is 2.73. The van der Waals surface area contributed by atoms with Crippen LogP contribution in [0.4, 0.5) is 0 Å². The van der Waals surface area contributed by atoms with Gasteiger partial charge in [-0.1, -0.05) is 48.5 Å². The van der Waals surface area contributed by atoms with Crippen molar-refractivity contribution in [1.29, 1.82) is 0 Å². The Labute approximate surface area is 168 Å². The van der Waals surface area contributed by atoms with Crippen molar-refractivity contribution in [2.75, 3.05) is 46.9 Å². The number of amides is 1. The van der Waals surface area contributed by atoms with Crippen LogP contribution >= 0.6 is 0 Å². The van der Waals surface area contributed by atoms with Crippen LogP contribution in [0, 0.1) is 0 Å². The van der Waals surface area contributed by atoms with Crippen LogP contribution in [0.25, 0.3) is 0 Å². The van der Waals surface area contributed by atoms with E-state index in [0.29, 0.717) is 19.0 Å². The SMILES string of the molecule is COc1ccccc1CC(=O)NCCCN1CCN(C)CC1c1ccccc1. The normalized spacial score (nSPS) is 18.0. The Balaban J connectivity index is 1.46. The molecule has 0 bridgehead atoms. The molecule has 0 spiro atoms. The zero-order valence-electron chi connectivity index (χ0n) is 16.9. The topological polar surface area (TPSA) is 44.8 Å². The highest BCUT2D eigenvalue weighted by Crippen LogP contribution is 2.24. The molecule has 1 fully saturated rings. The third kappa shape index (κ3) is 5.57. The lowest BCUT2D eigenvalue weighted by atomic mass is 10.0. The van der Waals surface area contributed by atoms with E-state index in [1.165, 1.54) is 5.56 Å². The van der Waals surface area contributed by atoms with Gasteiger partial charge in [0.1, 0.15) is 5.75 Å². The molecular weight excluding hydrogens is 350 g/mol. The third-order valence-electron chi connectivity index (χ3n) is 5.37. The number of hydrogen-bond acceptors (Lipinski definition) is 4. The van der Waals surface area contributed by atoms with E-state index in [9.17, 15) is 4.79 Å². The van der Waals surface area contributed by atoms with Gasteiger partial charge in [-0.05, 0) is 25.1 Å². The monoisotopic (exact) mass is 381 g/mol. The number of para-hydroxylation sites is 1. The van der Waals surface area contributed by atoms with E-state index < -0.39 is 0 Å².